The van der Waals surface area contributed by atoms with Crippen LogP contribution in [0.2, 0.25) is 0 Å². The van der Waals surface area contributed by atoms with E-state index in [1.165, 1.54) is 0 Å². The molecule has 0 atom stereocenters. The molecule has 1 N–H and O–H groups in total. The zero-order valence-corrected chi connectivity index (χ0v) is 16.4. The molecule has 29 heavy (non-hydrogen) atoms. The lowest BCUT2D eigenvalue weighted by Gasteiger charge is -2.05. The van der Waals surface area contributed by atoms with E-state index < -0.39 is 0 Å². The number of amides is 2. The average molecular weight is 413 g/mol. The summed E-state index contributed by atoms with van der Waals surface area (Å²) in [5.74, 6) is -0.375. The molecule has 5 nitrogen and oxygen atoms in total. The quantitative estimate of drug-likeness (QED) is 0.450. The number of aromatic nitrogens is 1. The van der Waals surface area contributed by atoms with Crippen molar-refractivity contribution in [1.29, 1.82) is 5.26 Å². The summed E-state index contributed by atoms with van der Waals surface area (Å²) < 4.78 is 1.06. The molecule has 7 heteroatoms. The maximum atomic E-state index is 11.8. The van der Waals surface area contributed by atoms with Gasteiger partial charge in [0.05, 0.1) is 22.1 Å². The van der Waals surface area contributed by atoms with Crippen molar-refractivity contribution in [1.82, 2.24) is 10.3 Å². The van der Waals surface area contributed by atoms with Crippen molar-refractivity contribution in [2.45, 2.75) is 0 Å². The van der Waals surface area contributed by atoms with Gasteiger partial charge in [0.25, 0.3) is 11.1 Å². The number of imide groups is 1. The fourth-order valence-electron chi connectivity index (χ4n) is 3.33. The lowest BCUT2D eigenvalue weighted by atomic mass is 10.0. The maximum Gasteiger partial charge on any atom is 0.290 e. The number of rotatable bonds is 2. The fraction of sp³-hybridized carbons (Fsp3) is 0. The first kappa shape index (κ1) is 17.6. The Morgan fingerprint density at radius 2 is 1.97 bits per heavy atom. The minimum absolute atomic E-state index is 0.358. The van der Waals surface area contributed by atoms with E-state index in [2.05, 4.69) is 16.4 Å². The predicted molar refractivity (Wildman–Crippen MR) is 116 cm³/mol. The summed E-state index contributed by atoms with van der Waals surface area (Å²) in [6.07, 6.45) is 3.48. The van der Waals surface area contributed by atoms with Gasteiger partial charge in [-0.05, 0) is 59.8 Å². The van der Waals surface area contributed by atoms with Gasteiger partial charge in [-0.2, -0.15) is 5.26 Å². The molecule has 138 valence electrons. The maximum absolute atomic E-state index is 11.8. The number of hydrogen-bond acceptors (Lipinski definition) is 6. The van der Waals surface area contributed by atoms with Crippen molar-refractivity contribution in [2.24, 2.45) is 0 Å². The van der Waals surface area contributed by atoms with Crippen LogP contribution in [0.5, 0.6) is 0 Å². The van der Waals surface area contributed by atoms with Crippen molar-refractivity contribution in [3.8, 4) is 16.5 Å². The number of thioether (sulfide) groups is 1. The summed E-state index contributed by atoms with van der Waals surface area (Å²) in [6.45, 7) is 0. The number of thiophene rings is 1. The van der Waals surface area contributed by atoms with Crippen molar-refractivity contribution in [2.75, 3.05) is 0 Å². The number of benzene rings is 2. The van der Waals surface area contributed by atoms with Crippen molar-refractivity contribution in [3.63, 3.8) is 0 Å². The molecule has 2 aromatic heterocycles. The molecule has 5 rings (SSSR count). The van der Waals surface area contributed by atoms with E-state index in [0.29, 0.717) is 10.5 Å². The van der Waals surface area contributed by atoms with Crippen molar-refractivity contribution < 1.29 is 9.59 Å². The van der Waals surface area contributed by atoms with E-state index in [1.54, 1.807) is 23.6 Å². The van der Waals surface area contributed by atoms with Gasteiger partial charge >= 0.3 is 0 Å². The molecule has 1 aliphatic heterocycles. The fourth-order valence-corrected chi connectivity index (χ4v) is 5.14. The van der Waals surface area contributed by atoms with Crippen LogP contribution in [0.3, 0.4) is 0 Å². The smallest absolute Gasteiger partial charge is 0.282 e. The minimum atomic E-state index is -0.375. The number of nitrogens with zero attached hydrogens (tertiary/aromatic N) is 2. The van der Waals surface area contributed by atoms with Gasteiger partial charge in [0, 0.05) is 32.1 Å². The Morgan fingerprint density at radius 3 is 2.76 bits per heavy atom. The number of hydrogen-bond donors (Lipinski definition) is 1. The minimum Gasteiger partial charge on any atom is -0.282 e. The highest BCUT2D eigenvalue weighted by Gasteiger charge is 2.25. The summed E-state index contributed by atoms with van der Waals surface area (Å²) in [7, 11) is 0. The Labute approximate surface area is 173 Å². The molecule has 1 fully saturated rings. The van der Waals surface area contributed by atoms with E-state index in [-0.39, 0.29) is 11.1 Å². The van der Waals surface area contributed by atoms with E-state index in [1.807, 2.05) is 48.5 Å². The molecular formula is C22H11N3O2S2. The highest BCUT2D eigenvalue weighted by atomic mass is 32.2. The summed E-state index contributed by atoms with van der Waals surface area (Å²) in [6, 6.07) is 17.7. The highest BCUT2D eigenvalue weighted by molar-refractivity contribution is 8.18. The van der Waals surface area contributed by atoms with Crippen LogP contribution in [0.15, 0.2) is 59.6 Å². The second kappa shape index (κ2) is 6.85. The number of fused-ring (bicyclic) bond motifs is 2. The lowest BCUT2D eigenvalue weighted by Crippen LogP contribution is -2.17. The molecule has 0 bridgehead atoms. The van der Waals surface area contributed by atoms with Crippen LogP contribution in [-0.2, 0) is 4.79 Å². The molecule has 1 aliphatic rings. The Morgan fingerprint density at radius 1 is 1.07 bits per heavy atom. The van der Waals surface area contributed by atoms with E-state index >= 15 is 0 Å². The first-order chi connectivity index (χ1) is 14.1. The summed E-state index contributed by atoms with van der Waals surface area (Å²) in [4.78, 5) is 29.1. The Balaban J connectivity index is 1.67. The largest absolute Gasteiger partial charge is 0.290 e. The van der Waals surface area contributed by atoms with E-state index in [4.69, 9.17) is 0 Å². The molecule has 0 radical (unpaired) electrons. The summed E-state index contributed by atoms with van der Waals surface area (Å²) >= 11 is 2.53. The molecule has 1 saturated heterocycles. The molecule has 0 spiro atoms. The second-order valence-corrected chi connectivity index (χ2v) is 8.53. The van der Waals surface area contributed by atoms with Gasteiger partial charge in [0.1, 0.15) is 0 Å². The van der Waals surface area contributed by atoms with Gasteiger partial charge in [-0.1, -0.05) is 12.1 Å². The first-order valence-corrected chi connectivity index (χ1v) is 10.3. The van der Waals surface area contributed by atoms with Crippen LogP contribution in [0.4, 0.5) is 4.79 Å². The number of nitrogens with one attached hydrogen (secondary N) is 1. The van der Waals surface area contributed by atoms with E-state index in [9.17, 15) is 14.9 Å². The second-order valence-electron chi connectivity index (χ2n) is 6.43. The summed E-state index contributed by atoms with van der Waals surface area (Å²) in [5.41, 5.74) is 3.32. The van der Waals surface area contributed by atoms with Crippen LogP contribution >= 0.6 is 23.1 Å². The van der Waals surface area contributed by atoms with Crippen molar-refractivity contribution >= 4 is 61.3 Å². The molecule has 3 heterocycles. The topological polar surface area (TPSA) is 82.8 Å². The predicted octanol–water partition coefficient (Wildman–Crippen LogP) is 5.31. The highest BCUT2D eigenvalue weighted by Crippen LogP contribution is 2.38. The molecule has 0 saturated carbocycles. The normalized spacial score (nSPS) is 15.2. The van der Waals surface area contributed by atoms with Gasteiger partial charge in [-0.25, -0.2) is 0 Å². The number of carbonyl (C=O) groups is 2. The Bertz CT molecular complexity index is 1410. The zero-order valence-electron chi connectivity index (χ0n) is 14.8. The number of pyridine rings is 1. The number of carbonyl (C=O) groups excluding carboxylic acids is 2. The zero-order chi connectivity index (χ0) is 20.0. The molecule has 0 unspecified atom stereocenters. The van der Waals surface area contributed by atoms with Crippen LogP contribution < -0.4 is 5.32 Å². The first-order valence-electron chi connectivity index (χ1n) is 8.69. The standard InChI is InChI=1S/C22H11N3O2S2/c23-11-13-2-1-3-18-15(13)10-19(28-18)14-6-7-24-17-5-4-12(8-16(14)17)9-20-21(26)25-22(27)29-20/h1-10H,(H,25,26,27)/b20-9-. The third-order valence-electron chi connectivity index (χ3n) is 4.65. The third-order valence-corrected chi connectivity index (χ3v) is 6.60. The molecule has 0 aliphatic carbocycles. The monoisotopic (exact) mass is 413 g/mol. The van der Waals surface area contributed by atoms with Gasteiger partial charge in [0.2, 0.25) is 0 Å². The van der Waals surface area contributed by atoms with Gasteiger partial charge < -0.3 is 0 Å². The van der Waals surface area contributed by atoms with Crippen LogP contribution in [0.25, 0.3) is 37.5 Å². The molecular weight excluding hydrogens is 402 g/mol. The molecule has 4 aromatic rings. The van der Waals surface area contributed by atoms with Crippen molar-refractivity contribution in [3.05, 3.63) is 70.8 Å². The van der Waals surface area contributed by atoms with Gasteiger partial charge in [-0.3, -0.25) is 19.9 Å². The number of nitriles is 1. The Hall–Kier alpha value is -3.47. The lowest BCUT2D eigenvalue weighted by molar-refractivity contribution is -0.115. The van der Waals surface area contributed by atoms with E-state index in [0.717, 1.165) is 48.8 Å². The van der Waals surface area contributed by atoms with Gasteiger partial charge in [-0.15, -0.1) is 11.3 Å². The van der Waals surface area contributed by atoms with Gasteiger partial charge in [0.15, 0.2) is 0 Å². The van der Waals surface area contributed by atoms with Crippen LogP contribution in [0, 0.1) is 11.3 Å². The summed E-state index contributed by atoms with van der Waals surface area (Å²) in [5, 5.41) is 13.2. The molecule has 2 aromatic carbocycles. The van der Waals surface area contributed by atoms with Crippen LogP contribution in [0.1, 0.15) is 11.1 Å². The SMILES string of the molecule is N#Cc1cccc2sc(-c3ccnc4ccc(/C=C5\SC(=O)NC5=O)cc34)cc12. The third kappa shape index (κ3) is 3.09. The average Bonchev–Trinajstić information content (AvgIpc) is 3.29. The Kier molecular flexibility index (Phi) is 4.16. The molecule has 2 amide bonds. The van der Waals surface area contributed by atoms with Crippen LogP contribution in [-0.4, -0.2) is 16.1 Å².